The fourth-order valence-electron chi connectivity index (χ4n) is 1.84. The van der Waals surface area contributed by atoms with Crippen molar-refractivity contribution in [3.8, 4) is 0 Å². The molecule has 0 radical (unpaired) electrons. The van der Waals surface area contributed by atoms with Crippen molar-refractivity contribution in [1.82, 2.24) is 9.88 Å². The second kappa shape index (κ2) is 5.71. The van der Waals surface area contributed by atoms with E-state index in [9.17, 15) is 4.79 Å². The van der Waals surface area contributed by atoms with Gasteiger partial charge in [-0.2, -0.15) is 0 Å². The van der Waals surface area contributed by atoms with Crippen LogP contribution in [0, 0.1) is 0 Å². The van der Waals surface area contributed by atoms with Crippen LogP contribution in [0.25, 0.3) is 0 Å². The molecule has 4 nitrogen and oxygen atoms in total. The average molecular weight is 299 g/mol. The highest BCUT2D eigenvalue weighted by atomic mass is 79.9. The van der Waals surface area contributed by atoms with Crippen LogP contribution in [0.4, 0.5) is 0 Å². The van der Waals surface area contributed by atoms with Crippen molar-refractivity contribution >= 4 is 21.7 Å². The number of pyridine rings is 1. The van der Waals surface area contributed by atoms with Crippen LogP contribution in [-0.2, 0) is 16.0 Å². The summed E-state index contributed by atoms with van der Waals surface area (Å²) in [5.41, 5.74) is 0.918. The molecule has 0 amide bonds. The van der Waals surface area contributed by atoms with E-state index in [2.05, 4.69) is 25.8 Å². The summed E-state index contributed by atoms with van der Waals surface area (Å²) in [6.45, 7) is 2.20. The number of halogens is 1. The van der Waals surface area contributed by atoms with E-state index >= 15 is 0 Å². The molecule has 0 spiro atoms. The Labute approximate surface area is 109 Å². The van der Waals surface area contributed by atoms with Crippen LogP contribution in [0.2, 0.25) is 0 Å². The maximum absolute atomic E-state index is 12.0. The number of morpholine rings is 1. The van der Waals surface area contributed by atoms with E-state index in [-0.39, 0.29) is 11.9 Å². The second-order valence-corrected chi connectivity index (χ2v) is 5.19. The Bertz CT molecular complexity index is 411. The fourth-order valence-corrected chi connectivity index (χ4v) is 2.25. The Morgan fingerprint density at radius 2 is 2.47 bits per heavy atom. The zero-order valence-electron chi connectivity index (χ0n) is 9.73. The highest BCUT2D eigenvalue weighted by Gasteiger charge is 2.24. The van der Waals surface area contributed by atoms with E-state index in [1.807, 2.05) is 13.1 Å². The van der Waals surface area contributed by atoms with Crippen molar-refractivity contribution in [2.24, 2.45) is 0 Å². The molecule has 92 valence electrons. The smallest absolute Gasteiger partial charge is 0.167 e. The van der Waals surface area contributed by atoms with Gasteiger partial charge in [-0.05, 0) is 34.6 Å². The van der Waals surface area contributed by atoms with Gasteiger partial charge in [0.05, 0.1) is 6.61 Å². The van der Waals surface area contributed by atoms with Crippen molar-refractivity contribution in [2.75, 3.05) is 26.7 Å². The van der Waals surface area contributed by atoms with Gasteiger partial charge in [0.2, 0.25) is 0 Å². The summed E-state index contributed by atoms with van der Waals surface area (Å²) in [7, 11) is 2.00. The second-order valence-electron chi connectivity index (χ2n) is 4.28. The van der Waals surface area contributed by atoms with E-state index in [1.165, 1.54) is 0 Å². The lowest BCUT2D eigenvalue weighted by molar-refractivity contribution is -0.134. The Morgan fingerprint density at radius 1 is 1.65 bits per heavy atom. The molecular formula is C12H15BrN2O2. The zero-order chi connectivity index (χ0) is 12.3. The van der Waals surface area contributed by atoms with Gasteiger partial charge in [0.25, 0.3) is 0 Å². The third kappa shape index (κ3) is 3.59. The van der Waals surface area contributed by atoms with Crippen LogP contribution in [0.15, 0.2) is 22.9 Å². The van der Waals surface area contributed by atoms with E-state index in [0.717, 1.165) is 16.6 Å². The number of aromatic nitrogens is 1. The molecule has 2 rings (SSSR count). The number of carbonyl (C=O) groups excluding carboxylic acids is 1. The molecule has 0 bridgehead atoms. The molecule has 1 aromatic heterocycles. The summed E-state index contributed by atoms with van der Waals surface area (Å²) in [5.74, 6) is 0.122. The molecule has 1 atom stereocenters. The molecule has 2 heterocycles. The Morgan fingerprint density at radius 3 is 3.18 bits per heavy atom. The van der Waals surface area contributed by atoms with E-state index in [1.54, 1.807) is 12.4 Å². The van der Waals surface area contributed by atoms with Gasteiger partial charge < -0.3 is 9.64 Å². The molecule has 1 aromatic rings. The van der Waals surface area contributed by atoms with Crippen LogP contribution in [0.5, 0.6) is 0 Å². The van der Waals surface area contributed by atoms with E-state index in [0.29, 0.717) is 19.6 Å². The number of carbonyl (C=O) groups is 1. The molecule has 5 heteroatoms. The van der Waals surface area contributed by atoms with E-state index in [4.69, 9.17) is 4.74 Å². The minimum atomic E-state index is -0.298. The summed E-state index contributed by atoms with van der Waals surface area (Å²) in [4.78, 5) is 18.2. The Kier molecular flexibility index (Phi) is 4.25. The third-order valence-electron chi connectivity index (χ3n) is 2.77. The topological polar surface area (TPSA) is 42.4 Å². The van der Waals surface area contributed by atoms with Gasteiger partial charge in [-0.3, -0.25) is 9.78 Å². The molecule has 1 aliphatic rings. The molecule has 0 N–H and O–H groups in total. The van der Waals surface area contributed by atoms with Gasteiger partial charge >= 0.3 is 0 Å². The molecule has 1 fully saturated rings. The average Bonchev–Trinajstić information content (AvgIpc) is 2.29. The first kappa shape index (κ1) is 12.7. The number of likely N-dealkylation sites (N-methyl/N-ethyl adjacent to an activating group) is 1. The monoisotopic (exact) mass is 298 g/mol. The van der Waals surface area contributed by atoms with Crippen LogP contribution in [-0.4, -0.2) is 48.5 Å². The minimum Gasteiger partial charge on any atom is -0.368 e. The van der Waals surface area contributed by atoms with Gasteiger partial charge in [0.15, 0.2) is 5.78 Å². The summed E-state index contributed by atoms with van der Waals surface area (Å²) in [5, 5.41) is 0. The third-order valence-corrected chi connectivity index (χ3v) is 3.20. The molecule has 0 aromatic carbocycles. The number of ketones is 1. The summed E-state index contributed by atoms with van der Waals surface area (Å²) >= 11 is 3.34. The molecule has 1 aliphatic heterocycles. The number of hydrogen-bond donors (Lipinski definition) is 0. The van der Waals surface area contributed by atoms with Gasteiger partial charge in [-0.25, -0.2) is 0 Å². The summed E-state index contributed by atoms with van der Waals surface area (Å²) in [6.07, 6.45) is 3.51. The number of hydrogen-bond acceptors (Lipinski definition) is 4. The van der Waals surface area contributed by atoms with Gasteiger partial charge in [0.1, 0.15) is 6.10 Å². The highest BCUT2D eigenvalue weighted by Crippen LogP contribution is 2.12. The lowest BCUT2D eigenvalue weighted by atomic mass is 10.1. The standard InChI is InChI=1S/C12H15BrN2O2/c1-15-2-3-17-12(8-15)11(16)5-9-4-10(13)7-14-6-9/h4,6-7,12H,2-3,5,8H2,1H3. The Balaban J connectivity index is 1.96. The Hall–Kier alpha value is -0.780. The summed E-state index contributed by atoms with van der Waals surface area (Å²) in [6, 6.07) is 1.91. The molecule has 1 saturated heterocycles. The van der Waals surface area contributed by atoms with Crippen molar-refractivity contribution in [3.05, 3.63) is 28.5 Å². The largest absolute Gasteiger partial charge is 0.368 e. The first-order valence-corrected chi connectivity index (χ1v) is 6.37. The number of nitrogens with zero attached hydrogens (tertiary/aromatic N) is 2. The van der Waals surface area contributed by atoms with Crippen LogP contribution in [0.1, 0.15) is 5.56 Å². The van der Waals surface area contributed by atoms with E-state index < -0.39 is 0 Å². The van der Waals surface area contributed by atoms with Gasteiger partial charge in [-0.1, -0.05) is 0 Å². The lowest BCUT2D eigenvalue weighted by Gasteiger charge is -2.29. The van der Waals surface area contributed by atoms with Crippen molar-refractivity contribution in [2.45, 2.75) is 12.5 Å². The normalized spacial score (nSPS) is 21.4. The lowest BCUT2D eigenvalue weighted by Crippen LogP contribution is -2.44. The number of rotatable bonds is 3. The van der Waals surface area contributed by atoms with Crippen molar-refractivity contribution < 1.29 is 9.53 Å². The SMILES string of the molecule is CN1CCOC(C(=O)Cc2cncc(Br)c2)C1. The number of ether oxygens (including phenoxy) is 1. The minimum absolute atomic E-state index is 0.122. The molecule has 0 saturated carbocycles. The first-order chi connectivity index (χ1) is 8.15. The van der Waals surface area contributed by atoms with Crippen LogP contribution < -0.4 is 0 Å². The first-order valence-electron chi connectivity index (χ1n) is 5.57. The van der Waals surface area contributed by atoms with Gasteiger partial charge in [-0.15, -0.1) is 0 Å². The maximum Gasteiger partial charge on any atom is 0.167 e. The predicted molar refractivity (Wildman–Crippen MR) is 67.9 cm³/mol. The van der Waals surface area contributed by atoms with Crippen LogP contribution >= 0.6 is 15.9 Å². The maximum atomic E-state index is 12.0. The molecule has 1 unspecified atom stereocenters. The molecule has 0 aliphatic carbocycles. The number of Topliss-reactive ketones (excluding diaryl/α,β-unsaturated/α-hetero) is 1. The van der Waals surface area contributed by atoms with Crippen molar-refractivity contribution in [3.63, 3.8) is 0 Å². The van der Waals surface area contributed by atoms with Crippen LogP contribution in [0.3, 0.4) is 0 Å². The summed E-state index contributed by atoms with van der Waals surface area (Å²) < 4.78 is 6.38. The molecular weight excluding hydrogens is 284 g/mol. The predicted octanol–water partition coefficient (Wildman–Crippen LogP) is 1.29. The quantitative estimate of drug-likeness (QED) is 0.843. The van der Waals surface area contributed by atoms with Crippen molar-refractivity contribution in [1.29, 1.82) is 0 Å². The van der Waals surface area contributed by atoms with Gasteiger partial charge in [0, 0.05) is 36.4 Å². The zero-order valence-corrected chi connectivity index (χ0v) is 11.3. The fraction of sp³-hybridized carbons (Fsp3) is 0.500. The molecule has 17 heavy (non-hydrogen) atoms. The highest BCUT2D eigenvalue weighted by molar-refractivity contribution is 9.10.